The number of fused-ring (bicyclic) bond motifs is 1. The SMILES string of the molecule is CCNC(=NCc1nnc2ccccn12)NCC1(c2cccc(F)c2)CC1.I. The molecule has 2 aromatic heterocycles. The number of aromatic nitrogens is 3. The molecule has 1 aromatic carbocycles. The Balaban J connectivity index is 0.00000225. The summed E-state index contributed by atoms with van der Waals surface area (Å²) in [5.41, 5.74) is 1.86. The molecule has 6 nitrogen and oxygen atoms in total. The van der Waals surface area contributed by atoms with Crippen molar-refractivity contribution < 1.29 is 4.39 Å². The lowest BCUT2D eigenvalue weighted by atomic mass is 9.96. The van der Waals surface area contributed by atoms with Crippen LogP contribution in [0.2, 0.25) is 0 Å². The van der Waals surface area contributed by atoms with Crippen LogP contribution in [0.15, 0.2) is 53.7 Å². The third-order valence-corrected chi connectivity index (χ3v) is 4.99. The van der Waals surface area contributed by atoms with Gasteiger partial charge in [-0.05, 0) is 49.6 Å². The Hall–Kier alpha value is -2.23. The van der Waals surface area contributed by atoms with Crippen LogP contribution in [0.5, 0.6) is 0 Å². The quantitative estimate of drug-likeness (QED) is 0.314. The Morgan fingerprint density at radius 1 is 1.18 bits per heavy atom. The summed E-state index contributed by atoms with van der Waals surface area (Å²) >= 11 is 0. The lowest BCUT2D eigenvalue weighted by Gasteiger charge is -2.19. The fourth-order valence-electron chi connectivity index (χ4n) is 3.28. The fraction of sp³-hybridized carbons (Fsp3) is 0.350. The molecule has 8 heteroatoms. The van der Waals surface area contributed by atoms with E-state index in [1.54, 1.807) is 12.1 Å². The Bertz CT molecular complexity index is 966. The topological polar surface area (TPSA) is 66.6 Å². The Morgan fingerprint density at radius 3 is 2.79 bits per heavy atom. The van der Waals surface area contributed by atoms with Crippen LogP contribution in [0, 0.1) is 5.82 Å². The zero-order valence-electron chi connectivity index (χ0n) is 15.7. The summed E-state index contributed by atoms with van der Waals surface area (Å²) in [6.07, 6.45) is 4.04. The van der Waals surface area contributed by atoms with Crippen LogP contribution in [-0.2, 0) is 12.0 Å². The number of hydrogen-bond donors (Lipinski definition) is 2. The first-order valence-corrected chi connectivity index (χ1v) is 9.27. The standard InChI is InChI=1S/C20H23FN6.HI/c1-2-22-19(23-13-18-26-25-17-8-3-4-11-27(17)18)24-14-20(9-10-20)15-6-5-7-16(21)12-15;/h3-8,11-12H,2,9-10,13-14H2,1H3,(H2,22,23,24);1H. The Morgan fingerprint density at radius 2 is 2.04 bits per heavy atom. The summed E-state index contributed by atoms with van der Waals surface area (Å²) in [6, 6.07) is 12.7. The molecule has 4 rings (SSSR count). The molecule has 0 amide bonds. The van der Waals surface area contributed by atoms with Gasteiger partial charge < -0.3 is 10.6 Å². The molecule has 1 fully saturated rings. The summed E-state index contributed by atoms with van der Waals surface area (Å²) in [7, 11) is 0. The zero-order valence-corrected chi connectivity index (χ0v) is 18.1. The minimum absolute atomic E-state index is 0. The summed E-state index contributed by atoms with van der Waals surface area (Å²) in [5, 5.41) is 15.0. The van der Waals surface area contributed by atoms with Crippen molar-refractivity contribution in [1.82, 2.24) is 25.2 Å². The second-order valence-corrected chi connectivity index (χ2v) is 6.88. The van der Waals surface area contributed by atoms with Crippen LogP contribution in [0.4, 0.5) is 4.39 Å². The number of nitrogens with one attached hydrogen (secondary N) is 2. The van der Waals surface area contributed by atoms with Crippen molar-refractivity contribution in [3.8, 4) is 0 Å². The lowest BCUT2D eigenvalue weighted by molar-refractivity contribution is 0.607. The number of nitrogens with zero attached hydrogens (tertiary/aromatic N) is 4. The van der Waals surface area contributed by atoms with Crippen molar-refractivity contribution >= 4 is 35.6 Å². The van der Waals surface area contributed by atoms with E-state index in [4.69, 9.17) is 0 Å². The van der Waals surface area contributed by atoms with Crippen LogP contribution in [0.1, 0.15) is 31.2 Å². The molecule has 1 saturated carbocycles. The molecule has 1 aliphatic carbocycles. The number of aliphatic imine (C=N–C) groups is 1. The maximum absolute atomic E-state index is 13.6. The van der Waals surface area contributed by atoms with Gasteiger partial charge in [0.2, 0.25) is 0 Å². The van der Waals surface area contributed by atoms with Crippen LogP contribution < -0.4 is 10.6 Å². The van der Waals surface area contributed by atoms with Crippen molar-refractivity contribution in [1.29, 1.82) is 0 Å². The molecule has 0 bridgehead atoms. The highest BCUT2D eigenvalue weighted by molar-refractivity contribution is 14.0. The van der Waals surface area contributed by atoms with E-state index in [9.17, 15) is 4.39 Å². The monoisotopic (exact) mass is 494 g/mol. The highest BCUT2D eigenvalue weighted by Gasteiger charge is 2.44. The third kappa shape index (κ3) is 4.43. The van der Waals surface area contributed by atoms with Gasteiger partial charge in [-0.1, -0.05) is 18.2 Å². The molecule has 0 aliphatic heterocycles. The van der Waals surface area contributed by atoms with Gasteiger partial charge in [0.15, 0.2) is 17.4 Å². The molecule has 0 unspecified atom stereocenters. The normalized spacial score (nSPS) is 15.1. The molecule has 0 atom stereocenters. The molecular weight excluding hydrogens is 470 g/mol. The van der Waals surface area contributed by atoms with E-state index in [2.05, 4.69) is 25.8 Å². The minimum Gasteiger partial charge on any atom is -0.357 e. The average molecular weight is 494 g/mol. The average Bonchev–Trinajstić information content (AvgIpc) is 3.37. The predicted molar refractivity (Wildman–Crippen MR) is 119 cm³/mol. The van der Waals surface area contributed by atoms with Gasteiger partial charge in [0, 0.05) is 24.7 Å². The number of guanidine groups is 1. The first kappa shape index (κ1) is 20.5. The van der Waals surface area contributed by atoms with Crippen molar-refractivity contribution in [2.45, 2.75) is 31.7 Å². The molecule has 28 heavy (non-hydrogen) atoms. The molecular formula is C20H24FIN6. The molecule has 148 valence electrons. The second kappa shape index (κ2) is 8.85. The fourth-order valence-corrected chi connectivity index (χ4v) is 3.28. The number of pyridine rings is 1. The second-order valence-electron chi connectivity index (χ2n) is 6.88. The third-order valence-electron chi connectivity index (χ3n) is 4.99. The maximum Gasteiger partial charge on any atom is 0.191 e. The summed E-state index contributed by atoms with van der Waals surface area (Å²) in [6.45, 7) is 3.94. The van der Waals surface area contributed by atoms with E-state index in [0.717, 1.165) is 48.9 Å². The van der Waals surface area contributed by atoms with E-state index in [0.29, 0.717) is 6.54 Å². The zero-order chi connectivity index (χ0) is 18.7. The molecule has 0 radical (unpaired) electrons. The first-order chi connectivity index (χ1) is 13.2. The summed E-state index contributed by atoms with van der Waals surface area (Å²) in [4.78, 5) is 4.65. The first-order valence-electron chi connectivity index (χ1n) is 9.27. The van der Waals surface area contributed by atoms with Gasteiger partial charge in [-0.3, -0.25) is 4.40 Å². The van der Waals surface area contributed by atoms with Crippen LogP contribution in [0.25, 0.3) is 5.65 Å². The molecule has 0 spiro atoms. The van der Waals surface area contributed by atoms with Gasteiger partial charge in [-0.15, -0.1) is 34.2 Å². The van der Waals surface area contributed by atoms with E-state index in [1.807, 2.05) is 41.8 Å². The maximum atomic E-state index is 13.6. The molecule has 3 aromatic rings. The van der Waals surface area contributed by atoms with E-state index >= 15 is 0 Å². The van der Waals surface area contributed by atoms with Gasteiger partial charge >= 0.3 is 0 Å². The summed E-state index contributed by atoms with van der Waals surface area (Å²) in [5.74, 6) is 1.33. The van der Waals surface area contributed by atoms with Crippen molar-refractivity contribution in [2.75, 3.05) is 13.1 Å². The highest BCUT2D eigenvalue weighted by Crippen LogP contribution is 2.47. The predicted octanol–water partition coefficient (Wildman–Crippen LogP) is 3.27. The largest absolute Gasteiger partial charge is 0.357 e. The highest BCUT2D eigenvalue weighted by atomic mass is 127. The van der Waals surface area contributed by atoms with Crippen LogP contribution in [-0.4, -0.2) is 33.6 Å². The van der Waals surface area contributed by atoms with E-state index in [1.165, 1.54) is 6.07 Å². The molecule has 1 aliphatic rings. The van der Waals surface area contributed by atoms with Gasteiger partial charge in [-0.25, -0.2) is 9.38 Å². The lowest BCUT2D eigenvalue weighted by Crippen LogP contribution is -2.41. The molecule has 0 saturated heterocycles. The Kier molecular flexibility index (Phi) is 6.48. The van der Waals surface area contributed by atoms with Gasteiger partial charge in [0.1, 0.15) is 12.4 Å². The number of benzene rings is 1. The number of rotatable bonds is 6. The van der Waals surface area contributed by atoms with E-state index in [-0.39, 0.29) is 35.2 Å². The van der Waals surface area contributed by atoms with Gasteiger partial charge in [0.05, 0.1) is 0 Å². The van der Waals surface area contributed by atoms with E-state index < -0.39 is 0 Å². The molecule has 2 N–H and O–H groups in total. The Labute approximate surface area is 180 Å². The van der Waals surface area contributed by atoms with Gasteiger partial charge in [0.25, 0.3) is 0 Å². The minimum atomic E-state index is -0.182. The number of hydrogen-bond acceptors (Lipinski definition) is 3. The number of halogens is 2. The van der Waals surface area contributed by atoms with Crippen molar-refractivity contribution in [2.24, 2.45) is 4.99 Å². The smallest absolute Gasteiger partial charge is 0.191 e. The van der Waals surface area contributed by atoms with Crippen LogP contribution in [0.3, 0.4) is 0 Å². The summed E-state index contributed by atoms with van der Waals surface area (Å²) < 4.78 is 15.5. The van der Waals surface area contributed by atoms with Crippen LogP contribution >= 0.6 is 24.0 Å². The molecule has 2 heterocycles. The van der Waals surface area contributed by atoms with Crippen molar-refractivity contribution in [3.63, 3.8) is 0 Å². The van der Waals surface area contributed by atoms with Gasteiger partial charge in [-0.2, -0.15) is 0 Å². The van der Waals surface area contributed by atoms with Crippen molar-refractivity contribution in [3.05, 3.63) is 65.9 Å².